The summed E-state index contributed by atoms with van der Waals surface area (Å²) in [5.74, 6) is -0.562. The van der Waals surface area contributed by atoms with E-state index in [-0.39, 0.29) is 6.03 Å². The standard InChI is InChI=1S/C13H22N2O3/c16-12(17)11-6-3-7-15(9-11)13(18)14-8-10-4-1-2-5-10/h10-11H,1-9H2,(H,14,18)(H,16,17). The molecule has 1 saturated carbocycles. The number of hydrogen-bond acceptors (Lipinski definition) is 2. The van der Waals surface area contributed by atoms with E-state index >= 15 is 0 Å². The van der Waals surface area contributed by atoms with Crippen LogP contribution in [0.4, 0.5) is 4.79 Å². The van der Waals surface area contributed by atoms with Crippen LogP contribution in [0.1, 0.15) is 38.5 Å². The fourth-order valence-corrected chi connectivity index (χ4v) is 2.92. The minimum Gasteiger partial charge on any atom is -0.481 e. The molecule has 1 atom stereocenters. The largest absolute Gasteiger partial charge is 0.481 e. The van der Waals surface area contributed by atoms with Crippen molar-refractivity contribution in [1.82, 2.24) is 10.2 Å². The third kappa shape index (κ3) is 3.37. The van der Waals surface area contributed by atoms with Crippen molar-refractivity contribution in [2.45, 2.75) is 38.5 Å². The molecule has 1 aliphatic carbocycles. The van der Waals surface area contributed by atoms with Crippen LogP contribution in [0.5, 0.6) is 0 Å². The third-order valence-electron chi connectivity index (χ3n) is 4.07. The van der Waals surface area contributed by atoms with Gasteiger partial charge in [-0.05, 0) is 31.6 Å². The molecule has 2 rings (SSSR count). The highest BCUT2D eigenvalue weighted by atomic mass is 16.4. The van der Waals surface area contributed by atoms with Crippen molar-refractivity contribution in [1.29, 1.82) is 0 Å². The molecule has 2 N–H and O–H groups in total. The maximum Gasteiger partial charge on any atom is 0.317 e. The Morgan fingerprint density at radius 1 is 1.17 bits per heavy atom. The van der Waals surface area contributed by atoms with E-state index in [1.807, 2.05) is 0 Å². The lowest BCUT2D eigenvalue weighted by atomic mass is 9.99. The van der Waals surface area contributed by atoms with Gasteiger partial charge in [-0.3, -0.25) is 4.79 Å². The molecule has 2 amide bonds. The molecule has 5 heteroatoms. The van der Waals surface area contributed by atoms with Crippen molar-refractivity contribution in [3.63, 3.8) is 0 Å². The molecule has 2 aliphatic rings. The first kappa shape index (κ1) is 13.2. The van der Waals surface area contributed by atoms with Gasteiger partial charge in [0.1, 0.15) is 0 Å². The molecule has 0 aromatic carbocycles. The van der Waals surface area contributed by atoms with Crippen molar-refractivity contribution >= 4 is 12.0 Å². The van der Waals surface area contributed by atoms with Crippen molar-refractivity contribution in [3.8, 4) is 0 Å². The number of likely N-dealkylation sites (tertiary alicyclic amines) is 1. The number of hydrogen-bond donors (Lipinski definition) is 2. The van der Waals surface area contributed by atoms with E-state index in [0.29, 0.717) is 25.4 Å². The van der Waals surface area contributed by atoms with Crippen molar-refractivity contribution in [2.75, 3.05) is 19.6 Å². The molecule has 1 aliphatic heterocycles. The minimum atomic E-state index is -0.789. The first-order chi connectivity index (χ1) is 8.66. The number of rotatable bonds is 3. The zero-order valence-corrected chi connectivity index (χ0v) is 10.7. The van der Waals surface area contributed by atoms with E-state index in [1.54, 1.807) is 4.90 Å². The van der Waals surface area contributed by atoms with Gasteiger partial charge in [-0.25, -0.2) is 4.79 Å². The van der Waals surface area contributed by atoms with E-state index in [2.05, 4.69) is 5.32 Å². The Hall–Kier alpha value is -1.26. The van der Waals surface area contributed by atoms with Crippen LogP contribution >= 0.6 is 0 Å². The van der Waals surface area contributed by atoms with Crippen LogP contribution < -0.4 is 5.32 Å². The number of aliphatic carboxylic acids is 1. The highest BCUT2D eigenvalue weighted by Crippen LogP contribution is 2.24. The van der Waals surface area contributed by atoms with Crippen LogP contribution in [0, 0.1) is 11.8 Å². The number of urea groups is 1. The van der Waals surface area contributed by atoms with Gasteiger partial charge in [-0.1, -0.05) is 12.8 Å². The van der Waals surface area contributed by atoms with Crippen LogP contribution in [0.25, 0.3) is 0 Å². The van der Waals surface area contributed by atoms with Gasteiger partial charge in [-0.2, -0.15) is 0 Å². The molecule has 5 nitrogen and oxygen atoms in total. The van der Waals surface area contributed by atoms with Gasteiger partial charge < -0.3 is 15.3 Å². The van der Waals surface area contributed by atoms with Crippen LogP contribution in [0.2, 0.25) is 0 Å². The van der Waals surface area contributed by atoms with Crippen LogP contribution in [0.3, 0.4) is 0 Å². The highest BCUT2D eigenvalue weighted by molar-refractivity contribution is 5.76. The second kappa shape index (κ2) is 6.07. The first-order valence-corrected chi connectivity index (χ1v) is 6.92. The molecule has 0 bridgehead atoms. The monoisotopic (exact) mass is 254 g/mol. The number of carbonyl (C=O) groups is 2. The summed E-state index contributed by atoms with van der Waals surface area (Å²) < 4.78 is 0. The molecule has 18 heavy (non-hydrogen) atoms. The van der Waals surface area contributed by atoms with E-state index < -0.39 is 11.9 Å². The van der Waals surface area contributed by atoms with E-state index in [1.165, 1.54) is 25.7 Å². The summed E-state index contributed by atoms with van der Waals surface area (Å²) >= 11 is 0. The number of nitrogens with zero attached hydrogens (tertiary/aromatic N) is 1. The van der Waals surface area contributed by atoms with Crippen LogP contribution in [-0.4, -0.2) is 41.6 Å². The lowest BCUT2D eigenvalue weighted by molar-refractivity contribution is -0.143. The highest BCUT2D eigenvalue weighted by Gasteiger charge is 2.28. The van der Waals surface area contributed by atoms with Gasteiger partial charge in [-0.15, -0.1) is 0 Å². The summed E-state index contributed by atoms with van der Waals surface area (Å²) in [6, 6.07) is -0.0900. The summed E-state index contributed by atoms with van der Waals surface area (Å²) in [7, 11) is 0. The summed E-state index contributed by atoms with van der Waals surface area (Å²) in [5.41, 5.74) is 0. The second-order valence-corrected chi connectivity index (χ2v) is 5.46. The predicted molar refractivity (Wildman–Crippen MR) is 67.3 cm³/mol. The van der Waals surface area contributed by atoms with Crippen LogP contribution in [0.15, 0.2) is 0 Å². The Balaban J connectivity index is 1.75. The number of carbonyl (C=O) groups excluding carboxylic acids is 1. The zero-order chi connectivity index (χ0) is 13.0. The number of amides is 2. The molecule has 1 unspecified atom stereocenters. The molecule has 0 aromatic heterocycles. The predicted octanol–water partition coefficient (Wildman–Crippen LogP) is 1.68. The Labute approximate surface area is 108 Å². The lowest BCUT2D eigenvalue weighted by Crippen LogP contribution is -2.47. The van der Waals surface area contributed by atoms with Gasteiger partial charge in [0.25, 0.3) is 0 Å². The van der Waals surface area contributed by atoms with Crippen LogP contribution in [-0.2, 0) is 4.79 Å². The fourth-order valence-electron chi connectivity index (χ4n) is 2.92. The van der Waals surface area contributed by atoms with Gasteiger partial charge in [0.05, 0.1) is 5.92 Å². The minimum absolute atomic E-state index is 0.0900. The summed E-state index contributed by atoms with van der Waals surface area (Å²) in [4.78, 5) is 24.5. The van der Waals surface area contributed by atoms with E-state index in [9.17, 15) is 9.59 Å². The number of piperidine rings is 1. The maximum atomic E-state index is 11.9. The normalized spacial score (nSPS) is 25.1. The molecule has 0 aromatic rings. The Morgan fingerprint density at radius 2 is 1.89 bits per heavy atom. The molecular weight excluding hydrogens is 232 g/mol. The van der Waals surface area contributed by atoms with Crippen molar-refractivity contribution in [3.05, 3.63) is 0 Å². The maximum absolute atomic E-state index is 11.9. The number of carboxylic acids is 1. The summed E-state index contributed by atoms with van der Waals surface area (Å²) in [6.45, 7) is 1.78. The van der Waals surface area contributed by atoms with E-state index in [4.69, 9.17) is 5.11 Å². The Bertz CT molecular complexity index is 313. The third-order valence-corrected chi connectivity index (χ3v) is 4.07. The van der Waals surface area contributed by atoms with Gasteiger partial charge in [0.2, 0.25) is 0 Å². The molecule has 2 fully saturated rings. The van der Waals surface area contributed by atoms with Gasteiger partial charge in [0, 0.05) is 19.6 Å². The number of carboxylic acid groups (broad SMARTS) is 1. The lowest BCUT2D eigenvalue weighted by Gasteiger charge is -2.31. The zero-order valence-electron chi connectivity index (χ0n) is 10.7. The quantitative estimate of drug-likeness (QED) is 0.805. The van der Waals surface area contributed by atoms with Crippen molar-refractivity contribution in [2.24, 2.45) is 11.8 Å². The van der Waals surface area contributed by atoms with Gasteiger partial charge in [0.15, 0.2) is 0 Å². The summed E-state index contributed by atoms with van der Waals surface area (Å²) in [6.07, 6.45) is 6.42. The van der Waals surface area contributed by atoms with Gasteiger partial charge >= 0.3 is 12.0 Å². The topological polar surface area (TPSA) is 69.6 Å². The second-order valence-electron chi connectivity index (χ2n) is 5.46. The smallest absolute Gasteiger partial charge is 0.317 e. The molecule has 1 saturated heterocycles. The van der Waals surface area contributed by atoms with Crippen molar-refractivity contribution < 1.29 is 14.7 Å². The first-order valence-electron chi connectivity index (χ1n) is 6.92. The molecular formula is C13H22N2O3. The average Bonchev–Trinajstić information content (AvgIpc) is 2.89. The molecule has 1 heterocycles. The summed E-state index contributed by atoms with van der Waals surface area (Å²) in [5, 5.41) is 11.9. The molecule has 102 valence electrons. The molecule has 0 radical (unpaired) electrons. The van der Waals surface area contributed by atoms with E-state index in [0.717, 1.165) is 13.0 Å². The average molecular weight is 254 g/mol. The Kier molecular flexibility index (Phi) is 4.44. The Morgan fingerprint density at radius 3 is 2.56 bits per heavy atom. The fraction of sp³-hybridized carbons (Fsp3) is 0.846. The SMILES string of the molecule is O=C(O)C1CCCN(C(=O)NCC2CCCC2)C1. The molecule has 0 spiro atoms. The number of nitrogens with one attached hydrogen (secondary N) is 1.